The predicted molar refractivity (Wildman–Crippen MR) is 136 cm³/mol. The average Bonchev–Trinajstić information content (AvgIpc) is 2.85. The van der Waals surface area contributed by atoms with Gasteiger partial charge in [-0.15, -0.1) is 12.6 Å². The van der Waals surface area contributed by atoms with Crippen molar-refractivity contribution in [3.05, 3.63) is 83.2 Å². The minimum absolute atomic E-state index is 0.249. The monoisotopic (exact) mass is 484 g/mol. The van der Waals surface area contributed by atoms with Crippen molar-refractivity contribution >= 4 is 30.1 Å². The van der Waals surface area contributed by atoms with Crippen molar-refractivity contribution in [3.63, 3.8) is 0 Å². The minimum Gasteiger partial charge on any atom is -0.493 e. The highest BCUT2D eigenvalue weighted by molar-refractivity contribution is 7.80. The second-order valence-electron chi connectivity index (χ2n) is 7.07. The van der Waals surface area contributed by atoms with E-state index in [9.17, 15) is 9.18 Å². The molecule has 0 atom stereocenters. The molecular weight excluding hydrogens is 455 g/mol. The molecule has 0 saturated heterocycles. The van der Waals surface area contributed by atoms with Crippen LogP contribution in [0, 0.1) is 11.2 Å². The van der Waals surface area contributed by atoms with Crippen LogP contribution in [0.4, 0.5) is 14.9 Å². The number of carbonyl (C=O) groups is 1. The van der Waals surface area contributed by atoms with E-state index in [1.165, 1.54) is 6.07 Å². The topological polar surface area (TPSA) is 109 Å². The van der Waals surface area contributed by atoms with Gasteiger partial charge in [-0.2, -0.15) is 0 Å². The first-order valence-corrected chi connectivity index (χ1v) is 10.8. The Kier molecular flexibility index (Phi) is 10.2. The van der Waals surface area contributed by atoms with Crippen LogP contribution >= 0.6 is 12.6 Å². The number of urea groups is 1. The summed E-state index contributed by atoms with van der Waals surface area (Å²) in [6, 6.07) is 16.9. The van der Waals surface area contributed by atoms with Crippen LogP contribution in [0.1, 0.15) is 16.7 Å². The van der Waals surface area contributed by atoms with Gasteiger partial charge in [0.05, 0.1) is 19.9 Å². The van der Waals surface area contributed by atoms with E-state index in [-0.39, 0.29) is 11.8 Å². The molecule has 2 amide bonds. The summed E-state index contributed by atoms with van der Waals surface area (Å²) < 4.78 is 23.0. The number of nitrogens with two attached hydrogens (primary N) is 1. The molecule has 0 radical (unpaired) electrons. The average molecular weight is 485 g/mol. The molecule has 5 N–H and O–H groups in total. The zero-order valence-electron chi connectivity index (χ0n) is 19.3. The number of rotatable bonds is 7. The highest BCUT2D eigenvalue weighted by atomic mass is 32.1. The number of halogens is 1. The molecule has 0 heterocycles. The fraction of sp³-hybridized carbons (Fsp3) is 0.200. The summed E-state index contributed by atoms with van der Waals surface area (Å²) in [4.78, 5) is 11.8. The quantitative estimate of drug-likeness (QED) is 0.196. The summed E-state index contributed by atoms with van der Waals surface area (Å²) in [5, 5.41) is 13.9. The lowest BCUT2D eigenvalue weighted by molar-refractivity contribution is 0.243. The first-order valence-electron chi connectivity index (χ1n) is 10.4. The molecule has 3 aromatic carbocycles. The molecule has 3 rings (SSSR count). The lowest BCUT2D eigenvalue weighted by atomic mass is 9.95. The molecule has 0 aliphatic rings. The van der Waals surface area contributed by atoms with E-state index in [1.807, 2.05) is 6.07 Å². The van der Waals surface area contributed by atoms with Gasteiger partial charge >= 0.3 is 6.03 Å². The lowest BCUT2D eigenvalue weighted by Gasteiger charge is -2.16. The lowest BCUT2D eigenvalue weighted by Crippen LogP contribution is -2.34. The van der Waals surface area contributed by atoms with Gasteiger partial charge < -0.3 is 25.8 Å². The fourth-order valence-corrected chi connectivity index (χ4v) is 3.18. The Morgan fingerprint density at radius 3 is 2.21 bits per heavy atom. The van der Waals surface area contributed by atoms with Crippen molar-refractivity contribution in [1.29, 1.82) is 5.41 Å². The number of methoxy groups -OCH3 is 2. The smallest absolute Gasteiger partial charge is 0.314 e. The Morgan fingerprint density at radius 1 is 1.06 bits per heavy atom. The van der Waals surface area contributed by atoms with Crippen molar-refractivity contribution < 1.29 is 18.7 Å². The Balaban J connectivity index is 0.000000430. The Bertz CT molecular complexity index is 1100. The van der Waals surface area contributed by atoms with Gasteiger partial charge in [0.25, 0.3) is 0 Å². The summed E-state index contributed by atoms with van der Waals surface area (Å²) in [5.41, 5.74) is 9.06. The van der Waals surface area contributed by atoms with Gasteiger partial charge in [0.2, 0.25) is 0 Å². The van der Waals surface area contributed by atoms with Crippen molar-refractivity contribution in [1.82, 2.24) is 10.6 Å². The summed E-state index contributed by atoms with van der Waals surface area (Å²) in [5.74, 6) is 0.859. The summed E-state index contributed by atoms with van der Waals surface area (Å²) >= 11 is 3.82. The normalized spacial score (nSPS) is 9.91. The molecule has 9 heteroatoms. The molecule has 3 aromatic rings. The maximum Gasteiger partial charge on any atom is 0.314 e. The zero-order valence-corrected chi connectivity index (χ0v) is 20.2. The first kappa shape index (κ1) is 26.5. The molecule has 34 heavy (non-hydrogen) atoms. The number of nitrogens with one attached hydrogen (secondary N) is 3. The van der Waals surface area contributed by atoms with Crippen LogP contribution in [-0.4, -0.2) is 39.6 Å². The maximum absolute atomic E-state index is 12.2. The number of hydrogen-bond donors (Lipinski definition) is 5. The van der Waals surface area contributed by atoms with Crippen LogP contribution in [0.15, 0.2) is 65.6 Å². The number of thiol groups is 1. The molecule has 0 fully saturated rings. The van der Waals surface area contributed by atoms with Crippen LogP contribution in [0.25, 0.3) is 0 Å². The second-order valence-corrected chi connectivity index (χ2v) is 7.55. The van der Waals surface area contributed by atoms with Crippen LogP contribution < -0.4 is 25.8 Å². The Labute approximate surface area is 204 Å². The van der Waals surface area contributed by atoms with E-state index in [0.29, 0.717) is 46.3 Å². The molecule has 0 bridgehead atoms. The number of nitrogen functional groups attached to an aromatic ring is 1. The van der Waals surface area contributed by atoms with Gasteiger partial charge in [0, 0.05) is 35.3 Å². The molecule has 180 valence electrons. The van der Waals surface area contributed by atoms with E-state index in [1.54, 1.807) is 69.8 Å². The van der Waals surface area contributed by atoms with Crippen molar-refractivity contribution in [2.75, 3.05) is 33.5 Å². The maximum atomic E-state index is 12.2. The van der Waals surface area contributed by atoms with Crippen molar-refractivity contribution in [3.8, 4) is 11.5 Å². The molecule has 0 aromatic heterocycles. The number of ether oxygens (including phenoxy) is 2. The van der Waals surface area contributed by atoms with Gasteiger partial charge in [-0.1, -0.05) is 24.3 Å². The zero-order chi connectivity index (χ0) is 25.1. The van der Waals surface area contributed by atoms with Crippen LogP contribution in [0.3, 0.4) is 0 Å². The molecule has 0 aliphatic carbocycles. The number of amides is 2. The van der Waals surface area contributed by atoms with Gasteiger partial charge in [0.15, 0.2) is 11.5 Å². The summed E-state index contributed by atoms with van der Waals surface area (Å²) in [6.07, 6.45) is 0.542. The molecule has 0 spiro atoms. The Hall–Kier alpha value is -3.72. The number of hydrogen-bond acceptors (Lipinski definition) is 6. The Morgan fingerprint density at radius 2 is 1.68 bits per heavy atom. The number of carbonyl (C=O) groups excluding carboxylic acids is 1. The molecular formula is C25H29FN4O3S. The van der Waals surface area contributed by atoms with Crippen LogP contribution in [-0.2, 0) is 6.42 Å². The number of benzene rings is 3. The van der Waals surface area contributed by atoms with Crippen LogP contribution in [0.2, 0.25) is 0 Å². The summed E-state index contributed by atoms with van der Waals surface area (Å²) in [6.45, 7) is 0.428. The van der Waals surface area contributed by atoms with Gasteiger partial charge in [-0.3, -0.25) is 5.41 Å². The van der Waals surface area contributed by atoms with E-state index in [4.69, 9.17) is 20.6 Å². The first-order chi connectivity index (χ1) is 16.3. The van der Waals surface area contributed by atoms with Gasteiger partial charge in [0.1, 0.15) is 5.82 Å². The third-order valence-electron chi connectivity index (χ3n) is 4.84. The predicted octanol–water partition coefficient (Wildman–Crippen LogP) is 4.29. The molecule has 0 saturated carbocycles. The minimum atomic E-state index is -0.268. The molecule has 0 aliphatic heterocycles. The van der Waals surface area contributed by atoms with E-state index < -0.39 is 0 Å². The van der Waals surface area contributed by atoms with Crippen molar-refractivity contribution in [2.45, 2.75) is 11.3 Å². The second kappa shape index (κ2) is 13.1. The SMILES string of the molecule is CNC(=O)NCCc1cc(OC)c(OC)cc1C(=N)c1ccc(N)cc1.Fc1ccccc1S. The van der Waals surface area contributed by atoms with Gasteiger partial charge in [-0.25, -0.2) is 9.18 Å². The highest BCUT2D eigenvalue weighted by Gasteiger charge is 2.16. The number of anilines is 1. The van der Waals surface area contributed by atoms with E-state index in [2.05, 4.69) is 23.3 Å². The standard InChI is InChI=1S/C19H24N4O3.C6H5FS/c1-22-19(24)23-9-8-13-10-16(25-2)17(26-3)11-15(13)18(21)12-4-6-14(20)7-5-12;7-5-3-1-2-4-6(5)8/h4-7,10-11,21H,8-9,20H2,1-3H3,(H2,22,23,24);1-4,8H. The van der Waals surface area contributed by atoms with E-state index in [0.717, 1.165) is 11.1 Å². The van der Waals surface area contributed by atoms with Crippen LogP contribution in [0.5, 0.6) is 11.5 Å². The third kappa shape index (κ3) is 7.41. The fourth-order valence-electron chi connectivity index (χ4n) is 3.02. The largest absolute Gasteiger partial charge is 0.493 e. The third-order valence-corrected chi connectivity index (χ3v) is 5.20. The molecule has 0 unspecified atom stereocenters. The van der Waals surface area contributed by atoms with Gasteiger partial charge in [-0.05, 0) is 48.4 Å². The summed E-state index contributed by atoms with van der Waals surface area (Å²) in [7, 11) is 4.69. The highest BCUT2D eigenvalue weighted by Crippen LogP contribution is 2.32. The van der Waals surface area contributed by atoms with E-state index >= 15 is 0 Å². The molecule has 7 nitrogen and oxygen atoms in total. The van der Waals surface area contributed by atoms with Crippen molar-refractivity contribution in [2.24, 2.45) is 0 Å².